The Morgan fingerprint density at radius 2 is 1.21 bits per heavy atom. The number of hydrogen-bond donors (Lipinski definition) is 5. The number of rotatable bonds is 1. The van der Waals surface area contributed by atoms with Gasteiger partial charge in [0.05, 0.1) is 6.10 Å². The lowest BCUT2D eigenvalue weighted by Gasteiger charge is -2.49. The fourth-order valence-corrected chi connectivity index (χ4v) is 3.41. The first-order chi connectivity index (χ1) is 10.6. The highest BCUT2D eigenvalue weighted by atomic mass is 17.1. The fraction of sp³-hybridized carbons (Fsp3) is 0.875. The van der Waals surface area contributed by atoms with Gasteiger partial charge >= 0.3 is 12.3 Å². The SMILES string of the molecule is CC(C)(C)C1CCCC(OO)C1C(C)(C)C.O=C(O)O.O=C(O)O. The molecule has 0 aliphatic heterocycles. The van der Waals surface area contributed by atoms with E-state index in [9.17, 15) is 0 Å². The summed E-state index contributed by atoms with van der Waals surface area (Å²) in [6, 6.07) is 0. The molecule has 3 unspecified atom stereocenters. The van der Waals surface area contributed by atoms with Gasteiger partial charge in [-0.2, -0.15) is 0 Å². The Morgan fingerprint density at radius 1 is 0.833 bits per heavy atom. The number of hydrogen-bond acceptors (Lipinski definition) is 4. The number of carboxylic acid groups (broad SMARTS) is 4. The molecule has 1 aliphatic carbocycles. The van der Waals surface area contributed by atoms with Crippen molar-refractivity contribution in [2.24, 2.45) is 22.7 Å². The summed E-state index contributed by atoms with van der Waals surface area (Å²) in [7, 11) is 0. The fourth-order valence-electron chi connectivity index (χ4n) is 3.41. The van der Waals surface area contributed by atoms with E-state index < -0.39 is 12.3 Å². The lowest BCUT2D eigenvalue weighted by Crippen LogP contribution is -2.46. The van der Waals surface area contributed by atoms with E-state index in [1.165, 1.54) is 12.8 Å². The zero-order chi connectivity index (χ0) is 19.7. The third-order valence-electron chi connectivity index (χ3n) is 4.09. The summed E-state index contributed by atoms with van der Waals surface area (Å²) in [4.78, 5) is 21.9. The summed E-state index contributed by atoms with van der Waals surface area (Å²) in [5.41, 5.74) is 0.473. The van der Waals surface area contributed by atoms with E-state index in [1.807, 2.05) is 0 Å². The standard InChI is InChI=1S/C14H28O2.2CH2O3/c1-13(2,3)10-8-7-9-11(16-15)12(10)14(4,5)6;2*2-1(3)4/h10-12,15H,7-9H2,1-6H3;2*(H2,2,3,4). The monoisotopic (exact) mass is 352 g/mol. The zero-order valence-corrected chi connectivity index (χ0v) is 15.3. The smallest absolute Gasteiger partial charge is 0.450 e. The van der Waals surface area contributed by atoms with Crippen LogP contribution in [0.15, 0.2) is 0 Å². The summed E-state index contributed by atoms with van der Waals surface area (Å²) in [5.74, 6) is 1.06. The molecule has 0 aromatic carbocycles. The van der Waals surface area contributed by atoms with E-state index in [0.29, 0.717) is 11.8 Å². The zero-order valence-electron chi connectivity index (χ0n) is 15.3. The maximum atomic E-state index is 9.11. The van der Waals surface area contributed by atoms with Crippen molar-refractivity contribution >= 4 is 12.3 Å². The summed E-state index contributed by atoms with van der Waals surface area (Å²) in [6.07, 6.45) is -0.242. The van der Waals surface area contributed by atoms with Crippen molar-refractivity contribution in [3.05, 3.63) is 0 Å². The first-order valence-corrected chi connectivity index (χ1v) is 7.78. The molecule has 0 heterocycles. The van der Waals surface area contributed by atoms with Crippen LogP contribution in [0.1, 0.15) is 60.8 Å². The van der Waals surface area contributed by atoms with Crippen molar-refractivity contribution in [2.45, 2.75) is 66.9 Å². The minimum atomic E-state index is -1.83. The van der Waals surface area contributed by atoms with Gasteiger partial charge in [0.2, 0.25) is 0 Å². The molecule has 1 fully saturated rings. The first kappa shape index (κ1) is 24.7. The Bertz CT molecular complexity index is 361. The minimum absolute atomic E-state index is 0.0120. The lowest BCUT2D eigenvalue weighted by molar-refractivity contribution is -0.310. The maximum Gasteiger partial charge on any atom is 0.503 e. The topological polar surface area (TPSA) is 145 Å². The predicted molar refractivity (Wildman–Crippen MR) is 88.6 cm³/mol. The van der Waals surface area contributed by atoms with E-state index in [2.05, 4.69) is 41.5 Å². The van der Waals surface area contributed by atoms with E-state index in [-0.39, 0.29) is 16.9 Å². The van der Waals surface area contributed by atoms with Gasteiger partial charge in [0.15, 0.2) is 0 Å². The maximum absolute atomic E-state index is 9.11. The quantitative estimate of drug-likeness (QED) is 0.334. The average molecular weight is 352 g/mol. The van der Waals surface area contributed by atoms with Crippen LogP contribution >= 0.6 is 0 Å². The highest BCUT2D eigenvalue weighted by molar-refractivity contribution is 5.53. The molecular weight excluding hydrogens is 320 g/mol. The Balaban J connectivity index is 0. The van der Waals surface area contributed by atoms with Gasteiger partial charge in [0.1, 0.15) is 0 Å². The first-order valence-electron chi connectivity index (χ1n) is 7.78. The second-order valence-corrected chi connectivity index (χ2v) is 8.00. The molecule has 1 aliphatic rings. The van der Waals surface area contributed by atoms with Gasteiger partial charge in [-0.05, 0) is 35.5 Å². The van der Waals surface area contributed by atoms with Crippen LogP contribution in [0.5, 0.6) is 0 Å². The molecule has 3 atom stereocenters. The van der Waals surface area contributed by atoms with E-state index in [1.54, 1.807) is 0 Å². The van der Waals surface area contributed by atoms with Crippen molar-refractivity contribution < 1.29 is 40.2 Å². The molecule has 8 heteroatoms. The van der Waals surface area contributed by atoms with Crippen LogP contribution in [0, 0.1) is 22.7 Å². The molecular formula is C16H32O8. The molecule has 0 radical (unpaired) electrons. The molecule has 1 rings (SSSR count). The normalized spacial score (nSPS) is 23.9. The Hall–Kier alpha value is -1.54. The van der Waals surface area contributed by atoms with Gasteiger partial charge in [-0.25, -0.2) is 14.5 Å². The molecule has 0 aromatic heterocycles. The van der Waals surface area contributed by atoms with Crippen LogP contribution in [0.25, 0.3) is 0 Å². The van der Waals surface area contributed by atoms with Crippen LogP contribution in [0.2, 0.25) is 0 Å². The van der Waals surface area contributed by atoms with E-state index in [0.717, 1.165) is 6.42 Å². The number of carbonyl (C=O) groups is 2. The van der Waals surface area contributed by atoms with Gasteiger partial charge in [-0.15, -0.1) is 0 Å². The molecule has 0 saturated heterocycles. The summed E-state index contributed by atoms with van der Waals surface area (Å²) in [6.45, 7) is 13.7. The Labute approximate surface area is 143 Å². The molecule has 0 aromatic rings. The van der Waals surface area contributed by atoms with Gasteiger partial charge in [-0.3, -0.25) is 5.26 Å². The van der Waals surface area contributed by atoms with Crippen molar-refractivity contribution in [2.75, 3.05) is 0 Å². The average Bonchev–Trinajstić information content (AvgIpc) is 2.34. The van der Waals surface area contributed by atoms with Gasteiger partial charge in [-0.1, -0.05) is 48.0 Å². The minimum Gasteiger partial charge on any atom is -0.450 e. The highest BCUT2D eigenvalue weighted by Gasteiger charge is 2.45. The summed E-state index contributed by atoms with van der Waals surface area (Å²) < 4.78 is 0. The molecule has 144 valence electrons. The van der Waals surface area contributed by atoms with Crippen molar-refractivity contribution in [1.29, 1.82) is 0 Å². The van der Waals surface area contributed by atoms with Crippen LogP contribution in [0.4, 0.5) is 9.59 Å². The van der Waals surface area contributed by atoms with E-state index in [4.69, 9.17) is 40.2 Å². The molecule has 0 amide bonds. The van der Waals surface area contributed by atoms with Crippen molar-refractivity contribution in [1.82, 2.24) is 0 Å². The largest absolute Gasteiger partial charge is 0.503 e. The van der Waals surface area contributed by atoms with Gasteiger partial charge in [0.25, 0.3) is 0 Å². The highest BCUT2D eigenvalue weighted by Crippen LogP contribution is 2.49. The second kappa shape index (κ2) is 10.4. The van der Waals surface area contributed by atoms with E-state index >= 15 is 0 Å². The molecule has 8 nitrogen and oxygen atoms in total. The molecule has 5 N–H and O–H groups in total. The summed E-state index contributed by atoms with van der Waals surface area (Å²) >= 11 is 0. The third kappa shape index (κ3) is 11.1. The Kier molecular flexibility index (Phi) is 10.7. The van der Waals surface area contributed by atoms with Crippen molar-refractivity contribution in [3.63, 3.8) is 0 Å². The van der Waals surface area contributed by atoms with Crippen LogP contribution in [0.3, 0.4) is 0 Å². The van der Waals surface area contributed by atoms with Crippen LogP contribution in [-0.2, 0) is 4.89 Å². The Morgan fingerprint density at radius 3 is 1.46 bits per heavy atom. The second-order valence-electron chi connectivity index (χ2n) is 8.00. The molecule has 24 heavy (non-hydrogen) atoms. The summed E-state index contributed by atoms with van der Waals surface area (Å²) in [5, 5.41) is 37.0. The van der Waals surface area contributed by atoms with Gasteiger partial charge in [0, 0.05) is 0 Å². The lowest BCUT2D eigenvalue weighted by atomic mass is 9.58. The molecule has 1 saturated carbocycles. The van der Waals surface area contributed by atoms with Gasteiger partial charge < -0.3 is 20.4 Å². The predicted octanol–water partition coefficient (Wildman–Crippen LogP) is 4.80. The van der Waals surface area contributed by atoms with Crippen LogP contribution < -0.4 is 0 Å². The third-order valence-corrected chi connectivity index (χ3v) is 4.09. The van der Waals surface area contributed by atoms with Crippen molar-refractivity contribution in [3.8, 4) is 0 Å². The molecule has 0 spiro atoms. The molecule has 0 bridgehead atoms. The van der Waals surface area contributed by atoms with Crippen LogP contribution in [-0.4, -0.2) is 44.1 Å².